The molecule has 0 bridgehead atoms. The SMILES string of the molecule is CC1(C)[C@@H](O[C@@H]2O[C@H](C(=O)O)[C@@H](O)[C@H](O)[C@H]2O[C@@H]2O[C@H](C(=O)O)[C@@H](O)[C@H](O)[C@H]2O)CC[C@]2(CO)[C@H]3CC=C4[C@@H]5C[C@@](C)(C(=O)O)CC[C@]5(C)CC[C@@]4(C)[C@]3(C)CC[C@@H]12. The van der Waals surface area contributed by atoms with Gasteiger partial charge in [0.1, 0.15) is 36.6 Å². The summed E-state index contributed by atoms with van der Waals surface area (Å²) in [4.78, 5) is 36.5. The van der Waals surface area contributed by atoms with Crippen molar-refractivity contribution in [3.63, 3.8) is 0 Å². The number of hydrogen-bond acceptors (Lipinski definition) is 13. The number of rotatable bonds is 8. The van der Waals surface area contributed by atoms with Gasteiger partial charge in [-0.25, -0.2) is 9.59 Å². The Morgan fingerprint density at radius 2 is 1.31 bits per heavy atom. The van der Waals surface area contributed by atoms with E-state index in [9.17, 15) is 60.3 Å². The molecule has 16 heteroatoms. The van der Waals surface area contributed by atoms with Crippen molar-refractivity contribution in [2.75, 3.05) is 6.61 Å². The first-order chi connectivity index (χ1) is 26.9. The zero-order valence-corrected chi connectivity index (χ0v) is 34.3. The van der Waals surface area contributed by atoms with Gasteiger partial charge in [0.25, 0.3) is 0 Å². The highest BCUT2D eigenvalue weighted by atomic mass is 16.8. The molecule has 2 aliphatic heterocycles. The van der Waals surface area contributed by atoms with Crippen molar-refractivity contribution in [1.82, 2.24) is 0 Å². The van der Waals surface area contributed by atoms with E-state index in [2.05, 4.69) is 26.8 Å². The summed E-state index contributed by atoms with van der Waals surface area (Å²) in [5.74, 6) is -3.85. The highest BCUT2D eigenvalue weighted by molar-refractivity contribution is 5.75. The lowest BCUT2D eigenvalue weighted by atomic mass is 9.33. The van der Waals surface area contributed by atoms with Gasteiger partial charge in [0.2, 0.25) is 0 Å². The normalized spacial score (nSPS) is 52.5. The van der Waals surface area contributed by atoms with Gasteiger partial charge in [-0.05, 0) is 111 Å². The van der Waals surface area contributed by atoms with Crippen LogP contribution in [-0.4, -0.2) is 138 Å². The molecule has 0 aromatic carbocycles. The van der Waals surface area contributed by atoms with E-state index in [1.165, 1.54) is 5.57 Å². The van der Waals surface area contributed by atoms with Crippen LogP contribution >= 0.6 is 0 Å². The number of allylic oxidation sites excluding steroid dienone is 2. The molecule has 58 heavy (non-hydrogen) atoms. The fourth-order valence-corrected chi connectivity index (χ4v) is 13.5. The Morgan fingerprint density at radius 1 is 0.707 bits per heavy atom. The van der Waals surface area contributed by atoms with E-state index >= 15 is 0 Å². The van der Waals surface area contributed by atoms with Gasteiger partial charge in [0, 0.05) is 12.0 Å². The second-order valence-electron chi connectivity index (χ2n) is 20.5. The summed E-state index contributed by atoms with van der Waals surface area (Å²) in [6.07, 6.45) is -10.4. The van der Waals surface area contributed by atoms with Crippen LogP contribution in [0.2, 0.25) is 0 Å². The van der Waals surface area contributed by atoms with E-state index in [0.717, 1.165) is 38.5 Å². The highest BCUT2D eigenvalue weighted by Crippen LogP contribution is 2.76. The molecular weight excluding hydrogens is 760 g/mol. The zero-order chi connectivity index (χ0) is 42.7. The molecule has 0 aromatic rings. The van der Waals surface area contributed by atoms with Crippen LogP contribution in [-0.2, 0) is 33.3 Å². The Hall–Kier alpha value is -2.25. The molecule has 0 radical (unpaired) electrons. The predicted octanol–water partition coefficient (Wildman–Crippen LogP) is 2.04. The Bertz CT molecular complexity index is 1670. The molecule has 328 valence electrons. The average molecular weight is 825 g/mol. The summed E-state index contributed by atoms with van der Waals surface area (Å²) < 4.78 is 23.4. The Labute approximate surface area is 338 Å². The average Bonchev–Trinajstić information content (AvgIpc) is 3.15. The maximum absolute atomic E-state index is 12.5. The predicted molar refractivity (Wildman–Crippen MR) is 200 cm³/mol. The van der Waals surface area contributed by atoms with Crippen molar-refractivity contribution in [1.29, 1.82) is 0 Å². The van der Waals surface area contributed by atoms with E-state index in [1.54, 1.807) is 0 Å². The topological polar surface area (TPSA) is 270 Å². The maximum Gasteiger partial charge on any atom is 0.335 e. The van der Waals surface area contributed by atoms with Gasteiger partial charge in [-0.3, -0.25) is 4.79 Å². The van der Waals surface area contributed by atoms with Crippen molar-refractivity contribution >= 4 is 17.9 Å². The van der Waals surface area contributed by atoms with Crippen LogP contribution in [0.1, 0.15) is 106 Å². The van der Waals surface area contributed by atoms with Crippen LogP contribution in [0.25, 0.3) is 0 Å². The fraction of sp³-hybridized carbons (Fsp3) is 0.881. The molecule has 0 amide bonds. The maximum atomic E-state index is 12.5. The Balaban J connectivity index is 1.17. The standard InChI is InChI=1S/C42H64O16/c1-37(2)21-9-11-41(6)22(8-7-19-20-17-39(4,36(53)54)14-13-38(20,3)15-16-40(19,41)5)42(21,18-43)12-10-23(37)55-35-31(27(47)26(46)30(57-35)33(51)52)58-34-28(48)24(44)25(45)29(56-34)32(49)50/h7,20-31,34-35,43-48H,8-18H2,1-6H3,(H,49,50)(H,51,52)(H,53,54)/t20-,21-,22-,23-,24-,25-,26-,27-,28+,29-,30-,31+,34-,35+,38+,39-,40+,41+,42+/m0/s1. The third kappa shape index (κ3) is 6.33. The largest absolute Gasteiger partial charge is 0.481 e. The highest BCUT2D eigenvalue weighted by Gasteiger charge is 2.70. The first-order valence-electron chi connectivity index (χ1n) is 20.9. The number of carboxylic acid groups (broad SMARTS) is 3. The lowest BCUT2D eigenvalue weighted by molar-refractivity contribution is -0.372. The summed E-state index contributed by atoms with van der Waals surface area (Å²) in [6, 6.07) is 0. The quantitative estimate of drug-likeness (QED) is 0.125. The van der Waals surface area contributed by atoms with Crippen molar-refractivity contribution in [3.05, 3.63) is 11.6 Å². The number of hydrogen-bond donors (Lipinski definition) is 9. The summed E-state index contributed by atoms with van der Waals surface area (Å²) in [6.45, 7) is 13.0. The first kappa shape index (κ1) is 43.8. The zero-order valence-electron chi connectivity index (χ0n) is 34.3. The van der Waals surface area contributed by atoms with Gasteiger partial charge >= 0.3 is 17.9 Å². The Morgan fingerprint density at radius 3 is 1.91 bits per heavy atom. The first-order valence-corrected chi connectivity index (χ1v) is 20.9. The van der Waals surface area contributed by atoms with Crippen molar-refractivity contribution in [2.45, 2.75) is 173 Å². The van der Waals surface area contributed by atoms with Gasteiger partial charge in [-0.15, -0.1) is 0 Å². The van der Waals surface area contributed by atoms with Crippen LogP contribution < -0.4 is 0 Å². The number of aliphatic hydroxyl groups excluding tert-OH is 6. The van der Waals surface area contributed by atoms with E-state index < -0.39 is 102 Å². The minimum absolute atomic E-state index is 0.0268. The van der Waals surface area contributed by atoms with Gasteiger partial charge in [0.15, 0.2) is 24.8 Å². The number of fused-ring (bicyclic) bond motifs is 7. The molecule has 7 rings (SSSR count). The minimum atomic E-state index is -2.04. The van der Waals surface area contributed by atoms with Crippen LogP contribution in [0.15, 0.2) is 11.6 Å². The molecule has 4 saturated carbocycles. The van der Waals surface area contributed by atoms with Crippen LogP contribution in [0.3, 0.4) is 0 Å². The van der Waals surface area contributed by atoms with E-state index in [4.69, 9.17) is 18.9 Å². The van der Waals surface area contributed by atoms with Crippen LogP contribution in [0, 0.1) is 50.2 Å². The smallest absolute Gasteiger partial charge is 0.335 e. The molecule has 5 aliphatic carbocycles. The summed E-state index contributed by atoms with van der Waals surface area (Å²) in [5.41, 5.74) is -1.01. The van der Waals surface area contributed by atoms with Crippen molar-refractivity contribution in [2.24, 2.45) is 50.2 Å². The van der Waals surface area contributed by atoms with Gasteiger partial charge in [-0.2, -0.15) is 0 Å². The van der Waals surface area contributed by atoms with Gasteiger partial charge in [-0.1, -0.05) is 46.3 Å². The van der Waals surface area contributed by atoms with Crippen molar-refractivity contribution in [3.8, 4) is 0 Å². The number of carboxylic acids is 3. The molecule has 6 fully saturated rings. The van der Waals surface area contributed by atoms with Crippen LogP contribution in [0.5, 0.6) is 0 Å². The Kier molecular flexibility index (Phi) is 11.1. The summed E-state index contributed by atoms with van der Waals surface area (Å²) in [7, 11) is 0. The molecule has 0 unspecified atom stereocenters. The molecular formula is C42H64O16. The number of aliphatic hydroxyl groups is 6. The lowest BCUT2D eigenvalue weighted by Gasteiger charge is -2.71. The second-order valence-corrected chi connectivity index (χ2v) is 20.5. The number of ether oxygens (including phenoxy) is 4. The molecule has 7 aliphatic rings. The number of aliphatic carboxylic acids is 3. The van der Waals surface area contributed by atoms with Gasteiger partial charge in [0.05, 0.1) is 11.5 Å². The molecule has 9 N–H and O–H groups in total. The van der Waals surface area contributed by atoms with Gasteiger partial charge < -0.3 is 64.9 Å². The number of carbonyl (C=O) groups is 3. The monoisotopic (exact) mass is 824 g/mol. The van der Waals surface area contributed by atoms with Crippen molar-refractivity contribution < 1.29 is 79.3 Å². The van der Waals surface area contributed by atoms with E-state index in [1.807, 2.05) is 20.8 Å². The van der Waals surface area contributed by atoms with E-state index in [-0.39, 0.29) is 40.6 Å². The third-order valence-electron chi connectivity index (χ3n) is 17.5. The lowest BCUT2D eigenvalue weighted by Crippen LogP contribution is -2.68. The molecule has 2 heterocycles. The molecule has 0 spiro atoms. The summed E-state index contributed by atoms with van der Waals surface area (Å²) in [5, 5.41) is 94.7. The minimum Gasteiger partial charge on any atom is -0.481 e. The molecule has 16 nitrogen and oxygen atoms in total. The molecule has 19 atom stereocenters. The molecule has 2 saturated heterocycles. The van der Waals surface area contributed by atoms with E-state index in [0.29, 0.717) is 25.7 Å². The third-order valence-corrected chi connectivity index (χ3v) is 17.5. The molecule has 0 aromatic heterocycles. The van der Waals surface area contributed by atoms with Crippen LogP contribution in [0.4, 0.5) is 0 Å². The summed E-state index contributed by atoms with van der Waals surface area (Å²) >= 11 is 0. The fourth-order valence-electron chi connectivity index (χ4n) is 13.5. The second kappa shape index (κ2) is 14.7.